The summed E-state index contributed by atoms with van der Waals surface area (Å²) in [5.74, 6) is 0.703. The summed E-state index contributed by atoms with van der Waals surface area (Å²) in [4.78, 5) is 31.1. The molecule has 0 aliphatic carbocycles. The molecule has 0 aromatic carbocycles. The third-order valence-electron chi connectivity index (χ3n) is 3.58. The SMILES string of the molecule is CCCC(=O)Nc1ccc(N2CCN(C(C)=O)CC2)cn1. The van der Waals surface area contributed by atoms with Gasteiger partial charge in [-0.05, 0) is 18.6 Å². The zero-order valence-corrected chi connectivity index (χ0v) is 12.6. The van der Waals surface area contributed by atoms with E-state index in [0.29, 0.717) is 12.2 Å². The molecule has 6 nitrogen and oxygen atoms in total. The van der Waals surface area contributed by atoms with Crippen LogP contribution in [0.15, 0.2) is 18.3 Å². The van der Waals surface area contributed by atoms with E-state index in [1.807, 2.05) is 24.0 Å². The van der Waals surface area contributed by atoms with Gasteiger partial charge in [-0.1, -0.05) is 6.92 Å². The molecule has 2 heterocycles. The molecule has 2 rings (SSSR count). The average Bonchev–Trinajstić information content (AvgIpc) is 2.48. The Balaban J connectivity index is 1.91. The molecule has 0 unspecified atom stereocenters. The predicted octanol–water partition coefficient (Wildman–Crippen LogP) is 1.49. The normalized spacial score (nSPS) is 15.0. The maximum atomic E-state index is 11.5. The van der Waals surface area contributed by atoms with Crippen LogP contribution in [0, 0.1) is 0 Å². The highest BCUT2D eigenvalue weighted by Crippen LogP contribution is 2.17. The van der Waals surface area contributed by atoms with Crippen molar-refractivity contribution in [2.24, 2.45) is 0 Å². The molecule has 1 aliphatic rings. The first-order valence-electron chi connectivity index (χ1n) is 7.36. The van der Waals surface area contributed by atoms with Crippen molar-refractivity contribution in [2.45, 2.75) is 26.7 Å². The van der Waals surface area contributed by atoms with Gasteiger partial charge in [0.15, 0.2) is 0 Å². The van der Waals surface area contributed by atoms with E-state index in [-0.39, 0.29) is 11.8 Å². The first kappa shape index (κ1) is 15.3. The summed E-state index contributed by atoms with van der Waals surface area (Å²) in [6.45, 7) is 6.67. The smallest absolute Gasteiger partial charge is 0.225 e. The molecule has 114 valence electrons. The van der Waals surface area contributed by atoms with Crippen LogP contribution in [0.4, 0.5) is 11.5 Å². The standard InChI is InChI=1S/C15H22N4O2/c1-3-4-15(21)17-14-6-5-13(11-16-14)19-9-7-18(8-10-19)12(2)20/h5-6,11H,3-4,7-10H2,1-2H3,(H,16,17,21). The summed E-state index contributed by atoms with van der Waals surface area (Å²) >= 11 is 0. The van der Waals surface area contributed by atoms with Crippen molar-refractivity contribution in [1.82, 2.24) is 9.88 Å². The van der Waals surface area contributed by atoms with Gasteiger partial charge in [0.05, 0.1) is 11.9 Å². The molecule has 1 aliphatic heterocycles. The fourth-order valence-electron chi connectivity index (χ4n) is 2.36. The Kier molecular flexibility index (Phi) is 5.14. The number of carbonyl (C=O) groups excluding carboxylic acids is 2. The number of hydrogen-bond donors (Lipinski definition) is 1. The van der Waals surface area contributed by atoms with E-state index < -0.39 is 0 Å². The van der Waals surface area contributed by atoms with Crippen LogP contribution in [-0.2, 0) is 9.59 Å². The molecule has 0 saturated carbocycles. The van der Waals surface area contributed by atoms with Gasteiger partial charge in [0.1, 0.15) is 5.82 Å². The van der Waals surface area contributed by atoms with Crippen LogP contribution < -0.4 is 10.2 Å². The molecule has 1 aromatic rings. The number of aromatic nitrogens is 1. The minimum atomic E-state index is -0.00665. The fraction of sp³-hybridized carbons (Fsp3) is 0.533. The van der Waals surface area contributed by atoms with E-state index in [0.717, 1.165) is 38.3 Å². The maximum absolute atomic E-state index is 11.5. The molecular formula is C15H22N4O2. The van der Waals surface area contributed by atoms with E-state index in [1.54, 1.807) is 13.1 Å². The van der Waals surface area contributed by atoms with Crippen molar-refractivity contribution in [3.8, 4) is 0 Å². The monoisotopic (exact) mass is 290 g/mol. The van der Waals surface area contributed by atoms with Gasteiger partial charge in [0.2, 0.25) is 11.8 Å². The first-order valence-corrected chi connectivity index (χ1v) is 7.36. The molecule has 21 heavy (non-hydrogen) atoms. The highest BCUT2D eigenvalue weighted by atomic mass is 16.2. The second-order valence-corrected chi connectivity index (χ2v) is 5.19. The molecule has 1 aromatic heterocycles. The summed E-state index contributed by atoms with van der Waals surface area (Å²) in [5.41, 5.74) is 1.02. The topological polar surface area (TPSA) is 65.5 Å². The Labute approximate surface area is 125 Å². The number of piperazine rings is 1. The van der Waals surface area contributed by atoms with E-state index in [2.05, 4.69) is 15.2 Å². The van der Waals surface area contributed by atoms with E-state index in [1.165, 1.54) is 0 Å². The van der Waals surface area contributed by atoms with Gasteiger partial charge in [0, 0.05) is 39.5 Å². The summed E-state index contributed by atoms with van der Waals surface area (Å²) in [6, 6.07) is 3.78. The van der Waals surface area contributed by atoms with E-state index >= 15 is 0 Å². The minimum Gasteiger partial charge on any atom is -0.367 e. The number of hydrogen-bond acceptors (Lipinski definition) is 4. The Morgan fingerprint density at radius 2 is 1.95 bits per heavy atom. The zero-order valence-electron chi connectivity index (χ0n) is 12.6. The van der Waals surface area contributed by atoms with Gasteiger partial charge in [-0.25, -0.2) is 4.98 Å². The van der Waals surface area contributed by atoms with Gasteiger partial charge in [-0.15, -0.1) is 0 Å². The molecule has 2 amide bonds. The van der Waals surface area contributed by atoms with E-state index in [9.17, 15) is 9.59 Å². The van der Waals surface area contributed by atoms with Gasteiger partial charge in [-0.3, -0.25) is 9.59 Å². The van der Waals surface area contributed by atoms with Gasteiger partial charge in [0.25, 0.3) is 0 Å². The van der Waals surface area contributed by atoms with Crippen molar-refractivity contribution >= 4 is 23.3 Å². The van der Waals surface area contributed by atoms with Crippen molar-refractivity contribution in [3.05, 3.63) is 18.3 Å². The first-order chi connectivity index (χ1) is 10.1. The Hall–Kier alpha value is -2.11. The van der Waals surface area contributed by atoms with E-state index in [4.69, 9.17) is 0 Å². The van der Waals surface area contributed by atoms with Gasteiger partial charge >= 0.3 is 0 Å². The molecular weight excluding hydrogens is 268 g/mol. The summed E-state index contributed by atoms with van der Waals surface area (Å²) in [7, 11) is 0. The lowest BCUT2D eigenvalue weighted by molar-refractivity contribution is -0.129. The molecule has 1 fully saturated rings. The number of carbonyl (C=O) groups is 2. The maximum Gasteiger partial charge on any atom is 0.225 e. The summed E-state index contributed by atoms with van der Waals surface area (Å²) in [5, 5.41) is 2.77. The number of nitrogens with zero attached hydrogens (tertiary/aromatic N) is 3. The Bertz CT molecular complexity index is 493. The zero-order chi connectivity index (χ0) is 15.2. The second kappa shape index (κ2) is 7.06. The van der Waals surface area contributed by atoms with Crippen LogP contribution >= 0.6 is 0 Å². The molecule has 6 heteroatoms. The lowest BCUT2D eigenvalue weighted by atomic mass is 10.2. The molecule has 1 N–H and O–H groups in total. The van der Waals surface area contributed by atoms with Crippen molar-refractivity contribution < 1.29 is 9.59 Å². The lowest BCUT2D eigenvalue weighted by Gasteiger charge is -2.35. The van der Waals surface area contributed by atoms with Crippen molar-refractivity contribution in [1.29, 1.82) is 0 Å². The largest absolute Gasteiger partial charge is 0.367 e. The Morgan fingerprint density at radius 3 is 2.48 bits per heavy atom. The van der Waals surface area contributed by atoms with Crippen LogP contribution in [-0.4, -0.2) is 47.9 Å². The number of pyridine rings is 1. The Morgan fingerprint density at radius 1 is 1.24 bits per heavy atom. The quantitative estimate of drug-likeness (QED) is 0.912. The van der Waals surface area contributed by atoms with Crippen LogP contribution in [0.1, 0.15) is 26.7 Å². The minimum absolute atomic E-state index is 0.00665. The van der Waals surface area contributed by atoms with Gasteiger partial charge in [-0.2, -0.15) is 0 Å². The second-order valence-electron chi connectivity index (χ2n) is 5.19. The number of rotatable bonds is 4. The van der Waals surface area contributed by atoms with Crippen LogP contribution in [0.3, 0.4) is 0 Å². The summed E-state index contributed by atoms with van der Waals surface area (Å²) in [6.07, 6.45) is 3.10. The summed E-state index contributed by atoms with van der Waals surface area (Å²) < 4.78 is 0. The number of nitrogens with one attached hydrogen (secondary N) is 1. The van der Waals surface area contributed by atoms with Crippen LogP contribution in [0.5, 0.6) is 0 Å². The van der Waals surface area contributed by atoms with Crippen LogP contribution in [0.25, 0.3) is 0 Å². The van der Waals surface area contributed by atoms with Gasteiger partial charge < -0.3 is 15.1 Å². The molecule has 0 atom stereocenters. The van der Waals surface area contributed by atoms with Crippen LogP contribution in [0.2, 0.25) is 0 Å². The lowest BCUT2D eigenvalue weighted by Crippen LogP contribution is -2.48. The molecule has 1 saturated heterocycles. The number of anilines is 2. The molecule has 0 spiro atoms. The predicted molar refractivity (Wildman–Crippen MR) is 82.2 cm³/mol. The number of amides is 2. The highest BCUT2D eigenvalue weighted by Gasteiger charge is 2.18. The highest BCUT2D eigenvalue weighted by molar-refractivity contribution is 5.89. The molecule has 0 bridgehead atoms. The average molecular weight is 290 g/mol. The van der Waals surface area contributed by atoms with Crippen molar-refractivity contribution in [2.75, 3.05) is 36.4 Å². The molecule has 0 radical (unpaired) electrons. The third kappa shape index (κ3) is 4.18. The fourth-order valence-corrected chi connectivity index (χ4v) is 2.36. The third-order valence-corrected chi connectivity index (χ3v) is 3.58. The van der Waals surface area contributed by atoms with Crippen molar-refractivity contribution in [3.63, 3.8) is 0 Å².